The molecule has 0 bridgehead atoms. The summed E-state index contributed by atoms with van der Waals surface area (Å²) in [5.74, 6) is 0.532. The van der Waals surface area contributed by atoms with Crippen molar-refractivity contribution < 1.29 is 14.6 Å². The maximum atomic E-state index is 12.5. The summed E-state index contributed by atoms with van der Waals surface area (Å²) in [6.45, 7) is 0.474. The van der Waals surface area contributed by atoms with E-state index < -0.39 is 0 Å². The molecule has 0 aliphatic carbocycles. The van der Waals surface area contributed by atoms with Crippen LogP contribution < -0.4 is 4.74 Å². The number of rotatable bonds is 3. The molecule has 0 amide bonds. The van der Waals surface area contributed by atoms with Gasteiger partial charge in [-0.15, -0.1) is 0 Å². The summed E-state index contributed by atoms with van der Waals surface area (Å²) in [7, 11) is 3.77. The molecule has 1 aliphatic heterocycles. The van der Waals surface area contributed by atoms with E-state index in [0.717, 1.165) is 0 Å². The van der Waals surface area contributed by atoms with E-state index in [0.29, 0.717) is 34.0 Å². The van der Waals surface area contributed by atoms with Gasteiger partial charge in [0.1, 0.15) is 11.5 Å². The molecule has 0 saturated heterocycles. The van der Waals surface area contributed by atoms with Gasteiger partial charge >= 0.3 is 0 Å². The molecule has 5 heteroatoms. The van der Waals surface area contributed by atoms with Gasteiger partial charge in [0, 0.05) is 11.6 Å². The van der Waals surface area contributed by atoms with Gasteiger partial charge in [0.2, 0.25) is 5.78 Å². The van der Waals surface area contributed by atoms with Gasteiger partial charge in [-0.05, 0) is 43.9 Å². The van der Waals surface area contributed by atoms with Gasteiger partial charge in [-0.2, -0.15) is 0 Å². The zero-order valence-corrected chi connectivity index (χ0v) is 13.6. The van der Waals surface area contributed by atoms with E-state index in [9.17, 15) is 9.90 Å². The number of nitrogens with zero attached hydrogens (tertiary/aromatic N) is 1. The largest absolute Gasteiger partial charge is 0.507 e. The zero-order valence-electron chi connectivity index (χ0n) is 12.8. The molecule has 1 heterocycles. The number of ketones is 1. The average Bonchev–Trinajstić information content (AvgIpc) is 2.81. The molecule has 2 aromatic rings. The second-order valence-corrected chi connectivity index (χ2v) is 6.05. The van der Waals surface area contributed by atoms with Crippen LogP contribution in [-0.2, 0) is 6.54 Å². The maximum absolute atomic E-state index is 12.5. The Morgan fingerprint density at radius 1 is 1.22 bits per heavy atom. The van der Waals surface area contributed by atoms with Crippen molar-refractivity contribution in [2.24, 2.45) is 0 Å². The van der Waals surface area contributed by atoms with Crippen molar-refractivity contribution in [1.82, 2.24) is 4.90 Å². The Kier molecular flexibility index (Phi) is 4.11. The molecule has 4 nitrogen and oxygen atoms in total. The van der Waals surface area contributed by atoms with Gasteiger partial charge in [-0.25, -0.2) is 0 Å². The van der Waals surface area contributed by atoms with E-state index >= 15 is 0 Å². The molecule has 0 unspecified atom stereocenters. The van der Waals surface area contributed by atoms with Crippen molar-refractivity contribution in [2.45, 2.75) is 6.54 Å². The Balaban J connectivity index is 2.04. The second kappa shape index (κ2) is 6.07. The van der Waals surface area contributed by atoms with E-state index in [1.54, 1.807) is 18.2 Å². The van der Waals surface area contributed by atoms with Gasteiger partial charge in [0.15, 0.2) is 5.76 Å². The molecule has 0 fully saturated rings. The van der Waals surface area contributed by atoms with Crippen LogP contribution in [0.1, 0.15) is 21.5 Å². The lowest BCUT2D eigenvalue weighted by Gasteiger charge is -2.14. The summed E-state index contributed by atoms with van der Waals surface area (Å²) in [6.07, 6.45) is 1.63. The van der Waals surface area contributed by atoms with Gasteiger partial charge in [0.05, 0.1) is 11.1 Å². The van der Waals surface area contributed by atoms with Crippen molar-refractivity contribution in [3.05, 3.63) is 63.9 Å². The Morgan fingerprint density at radius 3 is 2.65 bits per heavy atom. The molecular formula is C18H16ClNO3. The SMILES string of the molecule is CN(C)Cc1c(O)ccc2c1O/C(=C\c1ccccc1Cl)C2=O. The number of phenols is 1. The molecule has 0 radical (unpaired) electrons. The third kappa shape index (κ3) is 2.96. The van der Waals surface area contributed by atoms with Crippen molar-refractivity contribution in [1.29, 1.82) is 0 Å². The summed E-state index contributed by atoms with van der Waals surface area (Å²) in [6, 6.07) is 10.3. The molecular weight excluding hydrogens is 314 g/mol. The van der Waals surface area contributed by atoms with E-state index in [1.807, 2.05) is 37.2 Å². The standard InChI is InChI=1S/C18H16ClNO3/c1-20(2)10-13-15(21)8-7-12-17(22)16(23-18(12)13)9-11-5-3-4-6-14(11)19/h3-9,21H,10H2,1-2H3/b16-9-. The summed E-state index contributed by atoms with van der Waals surface area (Å²) in [4.78, 5) is 14.4. The van der Waals surface area contributed by atoms with Crippen LogP contribution in [0.15, 0.2) is 42.2 Å². The lowest BCUT2D eigenvalue weighted by molar-refractivity contribution is 0.101. The second-order valence-electron chi connectivity index (χ2n) is 5.64. The number of Topliss-reactive ketones (excluding diaryl/α,β-unsaturated/α-hetero) is 1. The summed E-state index contributed by atoms with van der Waals surface area (Å²) in [5.41, 5.74) is 1.77. The quantitative estimate of drug-likeness (QED) is 0.872. The first-order valence-electron chi connectivity index (χ1n) is 7.15. The van der Waals surface area contributed by atoms with E-state index in [4.69, 9.17) is 16.3 Å². The molecule has 0 atom stereocenters. The van der Waals surface area contributed by atoms with Crippen molar-refractivity contribution in [2.75, 3.05) is 14.1 Å². The first-order valence-corrected chi connectivity index (χ1v) is 7.53. The van der Waals surface area contributed by atoms with Crippen LogP contribution >= 0.6 is 11.6 Å². The molecule has 23 heavy (non-hydrogen) atoms. The van der Waals surface area contributed by atoms with Crippen LogP contribution in [0.25, 0.3) is 6.08 Å². The molecule has 118 valence electrons. The van der Waals surface area contributed by atoms with E-state index in [-0.39, 0.29) is 17.3 Å². The summed E-state index contributed by atoms with van der Waals surface area (Å²) in [5, 5.41) is 10.6. The topological polar surface area (TPSA) is 49.8 Å². The van der Waals surface area contributed by atoms with Crippen molar-refractivity contribution in [3.63, 3.8) is 0 Å². The van der Waals surface area contributed by atoms with Crippen LogP contribution in [-0.4, -0.2) is 29.9 Å². The molecule has 1 N–H and O–H groups in total. The van der Waals surface area contributed by atoms with Gasteiger partial charge in [-0.3, -0.25) is 4.79 Å². The molecule has 2 aromatic carbocycles. The fraction of sp³-hybridized carbons (Fsp3) is 0.167. The molecule has 3 rings (SSSR count). The highest BCUT2D eigenvalue weighted by molar-refractivity contribution is 6.32. The highest BCUT2D eigenvalue weighted by Gasteiger charge is 2.31. The highest BCUT2D eigenvalue weighted by Crippen LogP contribution is 2.40. The first kappa shape index (κ1) is 15.6. The van der Waals surface area contributed by atoms with Crippen molar-refractivity contribution >= 4 is 23.5 Å². The van der Waals surface area contributed by atoms with Crippen LogP contribution in [0.5, 0.6) is 11.5 Å². The minimum Gasteiger partial charge on any atom is -0.507 e. The van der Waals surface area contributed by atoms with Crippen LogP contribution in [0, 0.1) is 0 Å². The van der Waals surface area contributed by atoms with Crippen LogP contribution in [0.3, 0.4) is 0 Å². The van der Waals surface area contributed by atoms with Crippen LogP contribution in [0.2, 0.25) is 5.02 Å². The normalized spacial score (nSPS) is 15.1. The highest BCUT2D eigenvalue weighted by atomic mass is 35.5. The third-order valence-corrected chi connectivity index (χ3v) is 3.93. The Bertz CT molecular complexity index is 812. The number of phenolic OH excluding ortho intramolecular Hbond substituents is 1. The number of fused-ring (bicyclic) bond motifs is 1. The maximum Gasteiger partial charge on any atom is 0.231 e. The smallest absolute Gasteiger partial charge is 0.231 e. The molecule has 0 spiro atoms. The van der Waals surface area contributed by atoms with Gasteiger partial charge < -0.3 is 14.7 Å². The summed E-state index contributed by atoms with van der Waals surface area (Å²) < 4.78 is 5.76. The number of aromatic hydroxyl groups is 1. The predicted molar refractivity (Wildman–Crippen MR) is 89.9 cm³/mol. The first-order chi connectivity index (χ1) is 11.0. The number of benzene rings is 2. The number of allylic oxidation sites excluding steroid dienone is 1. The molecule has 0 saturated carbocycles. The Labute approximate surface area is 139 Å². The van der Waals surface area contributed by atoms with Gasteiger partial charge in [0.25, 0.3) is 0 Å². The Morgan fingerprint density at radius 2 is 1.96 bits per heavy atom. The fourth-order valence-electron chi connectivity index (χ4n) is 2.50. The number of hydrogen-bond acceptors (Lipinski definition) is 4. The zero-order chi connectivity index (χ0) is 16.6. The number of carbonyl (C=O) groups is 1. The number of carbonyl (C=O) groups excluding carboxylic acids is 1. The van der Waals surface area contributed by atoms with E-state index in [1.165, 1.54) is 6.07 Å². The number of ether oxygens (including phenoxy) is 1. The number of halogens is 1. The Hall–Kier alpha value is -2.30. The third-order valence-electron chi connectivity index (χ3n) is 3.58. The predicted octanol–water partition coefficient (Wildman–Crippen LogP) is 3.72. The molecule has 0 aromatic heterocycles. The van der Waals surface area contributed by atoms with Crippen LogP contribution in [0.4, 0.5) is 0 Å². The number of hydrogen-bond donors (Lipinski definition) is 1. The average molecular weight is 330 g/mol. The van der Waals surface area contributed by atoms with Gasteiger partial charge in [-0.1, -0.05) is 29.8 Å². The lowest BCUT2D eigenvalue weighted by Crippen LogP contribution is -2.11. The lowest BCUT2D eigenvalue weighted by atomic mass is 10.0. The van der Waals surface area contributed by atoms with Crippen molar-refractivity contribution in [3.8, 4) is 11.5 Å². The molecule has 1 aliphatic rings. The minimum atomic E-state index is -0.208. The minimum absolute atomic E-state index is 0.115. The fourth-order valence-corrected chi connectivity index (χ4v) is 2.69. The van der Waals surface area contributed by atoms with E-state index in [2.05, 4.69) is 0 Å². The monoisotopic (exact) mass is 329 g/mol. The summed E-state index contributed by atoms with van der Waals surface area (Å²) >= 11 is 6.13.